The average molecular weight is 293 g/mol. The third-order valence-electron chi connectivity index (χ3n) is 3.12. The highest BCUT2D eigenvalue weighted by Gasteiger charge is 2.14. The van der Waals surface area contributed by atoms with Gasteiger partial charge in [0.05, 0.1) is 5.69 Å². The van der Waals surface area contributed by atoms with Crippen LogP contribution in [0, 0.1) is 0 Å². The number of unbranched alkanes of at least 4 members (excludes halogenated alkanes) is 2. The molecule has 0 spiro atoms. The third-order valence-corrected chi connectivity index (χ3v) is 3.88. The minimum absolute atomic E-state index is 0.822. The number of aliphatic carboxylic acids is 1. The fourth-order valence-electron chi connectivity index (χ4n) is 2.08. The van der Waals surface area contributed by atoms with Gasteiger partial charge >= 0.3 is 5.97 Å². The minimum Gasteiger partial charge on any atom is -0.478 e. The number of rotatable bonds is 7. The zero-order chi connectivity index (χ0) is 14.5. The van der Waals surface area contributed by atoms with Crippen molar-refractivity contribution in [1.82, 2.24) is 9.38 Å². The van der Waals surface area contributed by atoms with Crippen LogP contribution in [0.25, 0.3) is 11.0 Å². The van der Waals surface area contributed by atoms with Gasteiger partial charge in [-0.3, -0.25) is 4.40 Å². The smallest absolute Gasteiger partial charge is 0.328 e. The molecule has 0 aromatic carbocycles. The first kappa shape index (κ1) is 14.6. The summed E-state index contributed by atoms with van der Waals surface area (Å²) >= 11 is 1.55. The second-order valence-corrected chi connectivity index (χ2v) is 5.55. The summed E-state index contributed by atoms with van der Waals surface area (Å²) in [6.45, 7) is 3.10. The Morgan fingerprint density at radius 2 is 2.35 bits per heavy atom. The first-order valence-electron chi connectivity index (χ1n) is 6.71. The maximum Gasteiger partial charge on any atom is 0.328 e. The molecule has 2 aromatic heterocycles. The van der Waals surface area contributed by atoms with E-state index in [1.165, 1.54) is 12.8 Å². The Balaban J connectivity index is 2.28. The average Bonchev–Trinajstić information content (AvgIpc) is 2.97. The van der Waals surface area contributed by atoms with E-state index in [1.807, 2.05) is 23.0 Å². The minimum atomic E-state index is -0.949. The number of fused-ring (bicyclic) bond motifs is 1. The molecule has 0 aliphatic rings. The molecule has 0 saturated carbocycles. The molecule has 0 fully saturated rings. The van der Waals surface area contributed by atoms with E-state index in [4.69, 9.17) is 5.11 Å². The van der Waals surface area contributed by atoms with Crippen molar-refractivity contribution in [3.8, 4) is 0 Å². The molecule has 0 aliphatic carbocycles. The van der Waals surface area contributed by atoms with Crippen molar-refractivity contribution >= 4 is 34.2 Å². The summed E-state index contributed by atoms with van der Waals surface area (Å²) in [5, 5.41) is 10.8. The van der Waals surface area contributed by atoms with Crippen LogP contribution < -0.4 is 4.90 Å². The summed E-state index contributed by atoms with van der Waals surface area (Å²) in [4.78, 5) is 18.3. The van der Waals surface area contributed by atoms with Gasteiger partial charge in [0.15, 0.2) is 10.8 Å². The number of anilines is 1. The predicted octanol–water partition coefficient (Wildman–Crippen LogP) is 3.12. The first-order valence-corrected chi connectivity index (χ1v) is 7.59. The quantitative estimate of drug-likeness (QED) is 0.629. The van der Waals surface area contributed by atoms with Gasteiger partial charge in [0, 0.05) is 31.2 Å². The van der Waals surface area contributed by atoms with Gasteiger partial charge < -0.3 is 10.0 Å². The van der Waals surface area contributed by atoms with E-state index in [-0.39, 0.29) is 0 Å². The molecular weight excluding hydrogens is 274 g/mol. The van der Waals surface area contributed by atoms with Crippen molar-refractivity contribution in [3.63, 3.8) is 0 Å². The van der Waals surface area contributed by atoms with E-state index in [2.05, 4.69) is 16.8 Å². The van der Waals surface area contributed by atoms with Gasteiger partial charge in [0.2, 0.25) is 0 Å². The second-order valence-electron chi connectivity index (χ2n) is 4.68. The van der Waals surface area contributed by atoms with E-state index in [1.54, 1.807) is 17.4 Å². The number of hydrogen-bond donors (Lipinski definition) is 1. The molecule has 0 aliphatic heterocycles. The second kappa shape index (κ2) is 6.56. The van der Waals surface area contributed by atoms with Crippen molar-refractivity contribution in [2.24, 2.45) is 0 Å². The Morgan fingerprint density at radius 1 is 1.55 bits per heavy atom. The lowest BCUT2D eigenvalue weighted by Crippen LogP contribution is -2.19. The van der Waals surface area contributed by atoms with Gasteiger partial charge in [0.25, 0.3) is 0 Å². The molecule has 1 N–H and O–H groups in total. The molecule has 0 amide bonds. The summed E-state index contributed by atoms with van der Waals surface area (Å²) in [5.41, 5.74) is 0.822. The van der Waals surface area contributed by atoms with Crippen LogP contribution in [0.5, 0.6) is 0 Å². The van der Waals surface area contributed by atoms with Crippen molar-refractivity contribution in [2.75, 3.05) is 18.5 Å². The fourth-order valence-corrected chi connectivity index (χ4v) is 2.80. The standard InChI is InChI=1S/C14H19N3O2S/c1-3-4-5-8-16(2)13-11(6-7-12(18)19)17-9-10-20-14(17)15-13/h6-7,9-10H,3-5,8H2,1-2H3,(H,18,19)/b7-6+. The molecule has 2 heterocycles. The Morgan fingerprint density at radius 3 is 3.05 bits per heavy atom. The fraction of sp³-hybridized carbons (Fsp3) is 0.429. The monoisotopic (exact) mass is 293 g/mol. The van der Waals surface area contributed by atoms with Crippen LogP contribution in [0.1, 0.15) is 31.9 Å². The van der Waals surface area contributed by atoms with E-state index in [9.17, 15) is 4.79 Å². The van der Waals surface area contributed by atoms with Crippen molar-refractivity contribution in [3.05, 3.63) is 23.3 Å². The van der Waals surface area contributed by atoms with Crippen molar-refractivity contribution < 1.29 is 9.90 Å². The van der Waals surface area contributed by atoms with Gasteiger partial charge in [0.1, 0.15) is 0 Å². The molecular formula is C14H19N3O2S. The lowest BCUT2D eigenvalue weighted by Gasteiger charge is -2.17. The lowest BCUT2D eigenvalue weighted by molar-refractivity contribution is -0.131. The van der Waals surface area contributed by atoms with Crippen LogP contribution in [0.15, 0.2) is 17.7 Å². The molecule has 0 radical (unpaired) electrons. The van der Waals surface area contributed by atoms with E-state index in [0.717, 1.165) is 35.5 Å². The molecule has 0 unspecified atom stereocenters. The number of aromatic nitrogens is 2. The molecule has 5 nitrogen and oxygen atoms in total. The molecule has 0 saturated heterocycles. The van der Waals surface area contributed by atoms with E-state index in [0.29, 0.717) is 0 Å². The van der Waals surface area contributed by atoms with E-state index >= 15 is 0 Å². The van der Waals surface area contributed by atoms with Gasteiger partial charge in [-0.25, -0.2) is 9.78 Å². The number of carbonyl (C=O) groups is 1. The molecule has 2 rings (SSSR count). The zero-order valence-corrected chi connectivity index (χ0v) is 12.6. The Kier molecular flexibility index (Phi) is 4.79. The molecule has 20 heavy (non-hydrogen) atoms. The number of hydrogen-bond acceptors (Lipinski definition) is 4. The third kappa shape index (κ3) is 3.19. The lowest BCUT2D eigenvalue weighted by atomic mass is 10.2. The molecule has 6 heteroatoms. The Hall–Kier alpha value is -1.82. The topological polar surface area (TPSA) is 57.8 Å². The normalized spacial score (nSPS) is 11.5. The van der Waals surface area contributed by atoms with Gasteiger partial charge in [-0.1, -0.05) is 19.8 Å². The molecule has 108 valence electrons. The maximum absolute atomic E-state index is 10.7. The van der Waals surface area contributed by atoms with Crippen LogP contribution >= 0.6 is 11.3 Å². The first-order chi connectivity index (χ1) is 9.63. The van der Waals surface area contributed by atoms with Gasteiger partial charge in [-0.05, 0) is 12.5 Å². The van der Waals surface area contributed by atoms with Crippen LogP contribution in [0.2, 0.25) is 0 Å². The number of carboxylic acids is 1. The molecule has 2 aromatic rings. The summed E-state index contributed by atoms with van der Waals surface area (Å²) < 4.78 is 1.93. The van der Waals surface area contributed by atoms with Gasteiger partial charge in [-0.15, -0.1) is 11.3 Å². The number of nitrogens with zero attached hydrogens (tertiary/aromatic N) is 3. The highest BCUT2D eigenvalue weighted by atomic mass is 32.1. The summed E-state index contributed by atoms with van der Waals surface area (Å²) in [6, 6.07) is 0. The number of imidazole rings is 1. The van der Waals surface area contributed by atoms with Crippen molar-refractivity contribution in [1.29, 1.82) is 0 Å². The number of thiazole rings is 1. The highest BCUT2D eigenvalue weighted by Crippen LogP contribution is 2.25. The summed E-state index contributed by atoms with van der Waals surface area (Å²) in [5.74, 6) is -0.111. The Bertz CT molecular complexity index is 615. The van der Waals surface area contributed by atoms with Crippen molar-refractivity contribution in [2.45, 2.75) is 26.2 Å². The SMILES string of the molecule is CCCCCN(C)c1nc2sccn2c1/C=C/C(=O)O. The zero-order valence-electron chi connectivity index (χ0n) is 11.7. The largest absolute Gasteiger partial charge is 0.478 e. The van der Waals surface area contributed by atoms with E-state index < -0.39 is 5.97 Å². The number of carboxylic acid groups (broad SMARTS) is 1. The Labute approximate surface area is 122 Å². The molecule has 0 bridgehead atoms. The summed E-state index contributed by atoms with van der Waals surface area (Å²) in [6.07, 6.45) is 8.16. The molecule has 0 atom stereocenters. The van der Waals surface area contributed by atoms with Crippen LogP contribution in [0.3, 0.4) is 0 Å². The van der Waals surface area contributed by atoms with Crippen LogP contribution in [-0.4, -0.2) is 34.1 Å². The van der Waals surface area contributed by atoms with Crippen LogP contribution in [0.4, 0.5) is 5.82 Å². The maximum atomic E-state index is 10.7. The van der Waals surface area contributed by atoms with Crippen LogP contribution in [-0.2, 0) is 4.79 Å². The van der Waals surface area contributed by atoms with Gasteiger partial charge in [-0.2, -0.15) is 0 Å². The highest BCUT2D eigenvalue weighted by molar-refractivity contribution is 7.15. The predicted molar refractivity (Wildman–Crippen MR) is 82.5 cm³/mol. The summed E-state index contributed by atoms with van der Waals surface area (Å²) in [7, 11) is 2.00.